The number of halogens is 3. The van der Waals surface area contributed by atoms with E-state index >= 15 is 0 Å². The summed E-state index contributed by atoms with van der Waals surface area (Å²) in [5, 5.41) is 1.03. The van der Waals surface area contributed by atoms with Crippen LogP contribution in [-0.2, 0) is 0 Å². The highest BCUT2D eigenvalue weighted by atomic mass is 19.4. The third-order valence-corrected chi connectivity index (χ3v) is 4.66. The first kappa shape index (κ1) is 19.5. The van der Waals surface area contributed by atoms with E-state index in [0.717, 1.165) is 27.9 Å². The Balaban J connectivity index is 0.00000109. The molecule has 2 nitrogen and oxygen atoms in total. The summed E-state index contributed by atoms with van der Waals surface area (Å²) in [6, 6.07) is 7.75. The number of aryl methyl sites for hydroxylation is 2. The predicted molar refractivity (Wildman–Crippen MR) is 95.0 cm³/mol. The van der Waals surface area contributed by atoms with Crippen molar-refractivity contribution >= 4 is 10.9 Å². The molecule has 0 unspecified atom stereocenters. The fourth-order valence-electron chi connectivity index (χ4n) is 3.25. The number of nitrogens with zero attached hydrogens (tertiary/aromatic N) is 1. The number of hydrogen-bond donors (Lipinski definition) is 0. The molecule has 0 amide bonds. The van der Waals surface area contributed by atoms with Gasteiger partial charge in [0.05, 0.1) is 17.5 Å². The second-order valence-corrected chi connectivity index (χ2v) is 6.34. The van der Waals surface area contributed by atoms with Crippen LogP contribution in [0.3, 0.4) is 0 Å². The summed E-state index contributed by atoms with van der Waals surface area (Å²) < 4.78 is 44.1. The van der Waals surface area contributed by atoms with Crippen LogP contribution < -0.4 is 4.74 Å². The van der Waals surface area contributed by atoms with Crippen LogP contribution in [0.2, 0.25) is 0 Å². The first-order valence-corrected chi connectivity index (χ1v) is 8.95. The lowest BCUT2D eigenvalue weighted by atomic mass is 9.87. The Morgan fingerprint density at radius 2 is 1.60 bits per heavy atom. The summed E-state index contributed by atoms with van der Waals surface area (Å²) in [6.07, 6.45) is -3.00. The van der Waals surface area contributed by atoms with Crippen LogP contribution in [0.15, 0.2) is 24.3 Å². The molecule has 0 spiro atoms. The van der Waals surface area contributed by atoms with Gasteiger partial charge in [-0.25, -0.2) is 0 Å². The van der Waals surface area contributed by atoms with Crippen molar-refractivity contribution in [1.29, 1.82) is 0 Å². The van der Waals surface area contributed by atoms with Gasteiger partial charge in [-0.2, -0.15) is 13.2 Å². The molecular formula is C20H26F3NO. The van der Waals surface area contributed by atoms with E-state index in [1.54, 1.807) is 0 Å². The minimum Gasteiger partial charge on any atom is -0.490 e. The molecule has 0 N–H and O–H groups in total. The number of alkyl halides is 3. The highest BCUT2D eigenvalue weighted by molar-refractivity contribution is 5.84. The maximum absolute atomic E-state index is 12.7. The van der Waals surface area contributed by atoms with Crippen molar-refractivity contribution in [3.05, 3.63) is 35.5 Å². The van der Waals surface area contributed by atoms with Gasteiger partial charge in [-0.05, 0) is 57.7 Å². The van der Waals surface area contributed by atoms with Gasteiger partial charge in [-0.3, -0.25) is 4.98 Å². The van der Waals surface area contributed by atoms with Crippen LogP contribution in [-0.4, -0.2) is 17.3 Å². The van der Waals surface area contributed by atoms with Gasteiger partial charge < -0.3 is 4.74 Å². The predicted octanol–water partition coefficient (Wildman–Crippen LogP) is 6.38. The van der Waals surface area contributed by atoms with E-state index in [0.29, 0.717) is 12.8 Å². The Kier molecular flexibility index (Phi) is 6.31. The van der Waals surface area contributed by atoms with Gasteiger partial charge in [0.25, 0.3) is 0 Å². The van der Waals surface area contributed by atoms with Crippen molar-refractivity contribution in [2.24, 2.45) is 5.92 Å². The zero-order valence-electron chi connectivity index (χ0n) is 15.3. The van der Waals surface area contributed by atoms with Crippen molar-refractivity contribution in [2.75, 3.05) is 0 Å². The van der Waals surface area contributed by atoms with E-state index in [9.17, 15) is 13.2 Å². The molecule has 0 aliphatic heterocycles. The van der Waals surface area contributed by atoms with Crippen LogP contribution >= 0.6 is 0 Å². The van der Waals surface area contributed by atoms with Crippen LogP contribution in [0, 0.1) is 19.8 Å². The lowest BCUT2D eigenvalue weighted by molar-refractivity contribution is -0.185. The zero-order valence-corrected chi connectivity index (χ0v) is 15.3. The second kappa shape index (κ2) is 8.07. The summed E-state index contributed by atoms with van der Waals surface area (Å²) >= 11 is 0. The molecule has 1 aromatic carbocycles. The lowest BCUT2D eigenvalue weighted by Gasteiger charge is -2.30. The Labute approximate surface area is 147 Å². The molecule has 0 bridgehead atoms. The van der Waals surface area contributed by atoms with Crippen molar-refractivity contribution in [3.63, 3.8) is 0 Å². The van der Waals surface area contributed by atoms with Crippen LogP contribution in [0.5, 0.6) is 5.75 Å². The van der Waals surface area contributed by atoms with Gasteiger partial charge in [0.2, 0.25) is 0 Å². The van der Waals surface area contributed by atoms with E-state index in [2.05, 4.69) is 4.98 Å². The fraction of sp³-hybridized carbons (Fsp3) is 0.550. The Morgan fingerprint density at radius 1 is 0.960 bits per heavy atom. The third kappa shape index (κ3) is 4.65. The SMILES string of the molecule is CC.Cc1ccc2c(C)c(OC3CCC(C(F)(F)F)CC3)ccc2n1. The molecule has 3 rings (SSSR count). The highest BCUT2D eigenvalue weighted by Crippen LogP contribution is 2.39. The molecule has 0 atom stereocenters. The van der Waals surface area contributed by atoms with E-state index < -0.39 is 12.1 Å². The van der Waals surface area contributed by atoms with Gasteiger partial charge in [-0.1, -0.05) is 19.9 Å². The molecule has 0 saturated heterocycles. The molecule has 1 heterocycles. The molecule has 138 valence electrons. The second-order valence-electron chi connectivity index (χ2n) is 6.34. The number of aromatic nitrogens is 1. The van der Waals surface area contributed by atoms with Gasteiger partial charge in [-0.15, -0.1) is 0 Å². The molecule has 25 heavy (non-hydrogen) atoms. The maximum Gasteiger partial charge on any atom is 0.391 e. The normalized spacial score (nSPS) is 20.8. The van der Waals surface area contributed by atoms with Crippen molar-refractivity contribution < 1.29 is 17.9 Å². The van der Waals surface area contributed by atoms with Crippen LogP contribution in [0.25, 0.3) is 10.9 Å². The average molecular weight is 353 g/mol. The molecule has 1 aliphatic rings. The third-order valence-electron chi connectivity index (χ3n) is 4.66. The van der Waals surface area contributed by atoms with E-state index in [4.69, 9.17) is 4.74 Å². The number of ether oxygens (including phenoxy) is 1. The van der Waals surface area contributed by atoms with Crippen LogP contribution in [0.1, 0.15) is 50.8 Å². The first-order chi connectivity index (χ1) is 11.8. The fourth-order valence-corrected chi connectivity index (χ4v) is 3.25. The number of hydrogen-bond acceptors (Lipinski definition) is 2. The minimum atomic E-state index is -4.08. The summed E-state index contributed by atoms with van der Waals surface area (Å²) in [7, 11) is 0. The summed E-state index contributed by atoms with van der Waals surface area (Å²) in [5.41, 5.74) is 2.86. The Hall–Kier alpha value is -1.78. The van der Waals surface area contributed by atoms with Crippen molar-refractivity contribution in [1.82, 2.24) is 4.98 Å². The maximum atomic E-state index is 12.7. The van der Waals surface area contributed by atoms with E-state index in [-0.39, 0.29) is 18.9 Å². The number of rotatable bonds is 2. The largest absolute Gasteiger partial charge is 0.490 e. The smallest absolute Gasteiger partial charge is 0.391 e. The Bertz CT molecular complexity index is 704. The topological polar surface area (TPSA) is 22.1 Å². The molecule has 0 radical (unpaired) electrons. The molecule has 1 saturated carbocycles. The van der Waals surface area contributed by atoms with Gasteiger partial charge in [0, 0.05) is 16.6 Å². The number of fused-ring (bicyclic) bond motifs is 1. The van der Waals surface area contributed by atoms with Crippen molar-refractivity contribution in [3.8, 4) is 5.75 Å². The quantitative estimate of drug-likeness (QED) is 0.625. The lowest BCUT2D eigenvalue weighted by Crippen LogP contribution is -2.32. The summed E-state index contributed by atoms with van der Waals surface area (Å²) in [6.45, 7) is 7.91. The number of benzene rings is 1. The van der Waals surface area contributed by atoms with Gasteiger partial charge in [0.15, 0.2) is 0 Å². The molecule has 1 fully saturated rings. The van der Waals surface area contributed by atoms with E-state index in [1.165, 1.54) is 0 Å². The molecule has 5 heteroatoms. The molecular weight excluding hydrogens is 327 g/mol. The molecule has 1 aromatic heterocycles. The zero-order chi connectivity index (χ0) is 18.6. The number of pyridine rings is 1. The monoisotopic (exact) mass is 353 g/mol. The summed E-state index contributed by atoms with van der Waals surface area (Å²) in [5.74, 6) is -0.425. The first-order valence-electron chi connectivity index (χ1n) is 8.95. The van der Waals surface area contributed by atoms with E-state index in [1.807, 2.05) is 52.0 Å². The Morgan fingerprint density at radius 3 is 2.20 bits per heavy atom. The minimum absolute atomic E-state index is 0.136. The van der Waals surface area contributed by atoms with Gasteiger partial charge >= 0.3 is 6.18 Å². The average Bonchev–Trinajstić information content (AvgIpc) is 2.59. The summed E-state index contributed by atoms with van der Waals surface area (Å²) in [4.78, 5) is 4.48. The van der Waals surface area contributed by atoms with Gasteiger partial charge in [0.1, 0.15) is 5.75 Å². The standard InChI is InChI=1S/C18H20F3NO.C2H6/c1-11-3-8-15-12(2)17(10-9-16(15)22-11)23-14-6-4-13(5-7-14)18(19,20)21;1-2/h3,8-10,13-14H,4-7H2,1-2H3;1-2H3. The van der Waals surface area contributed by atoms with Crippen molar-refractivity contribution in [2.45, 2.75) is 65.7 Å². The molecule has 1 aliphatic carbocycles. The van der Waals surface area contributed by atoms with Crippen LogP contribution in [0.4, 0.5) is 13.2 Å². The highest BCUT2D eigenvalue weighted by Gasteiger charge is 2.41. The molecule has 2 aromatic rings.